The molecule has 0 aromatic heterocycles. The van der Waals surface area contributed by atoms with E-state index in [0.29, 0.717) is 0 Å². The van der Waals surface area contributed by atoms with Crippen molar-refractivity contribution >= 4 is 65.2 Å². The van der Waals surface area contributed by atoms with E-state index >= 15 is 0 Å². The number of hydrogen-bond donors (Lipinski definition) is 10. The van der Waals surface area contributed by atoms with Crippen molar-refractivity contribution in [3.05, 3.63) is 0 Å². The molecule has 10 amide bonds. The zero-order valence-corrected chi connectivity index (χ0v) is 49.8. The van der Waals surface area contributed by atoms with Gasteiger partial charge in [0.05, 0.1) is 7.11 Å². The van der Waals surface area contributed by atoms with Gasteiger partial charge in [-0.3, -0.25) is 43.2 Å². The van der Waals surface area contributed by atoms with Crippen molar-refractivity contribution in [3.8, 4) is 0 Å². The van der Waals surface area contributed by atoms with Crippen molar-refractivity contribution in [3.63, 3.8) is 0 Å². The van der Waals surface area contributed by atoms with Crippen LogP contribution in [0.5, 0.6) is 0 Å². The highest BCUT2D eigenvalue weighted by Gasteiger charge is 2.42. The molecular formula is C53H96N10O13. The molecule has 0 aromatic carbocycles. The van der Waals surface area contributed by atoms with E-state index in [-0.39, 0.29) is 37.0 Å². The lowest BCUT2D eigenvalue weighted by Crippen LogP contribution is -2.66. The average Bonchev–Trinajstić information content (AvgIpc) is 3.23. The van der Waals surface area contributed by atoms with Gasteiger partial charge in [0.1, 0.15) is 64.0 Å². The number of ether oxygens (including phenoxy) is 2. The smallest absolute Gasteiger partial charge is 0.408 e. The Labute approximate surface area is 451 Å². The number of esters is 1. The minimum absolute atomic E-state index is 0.0218. The summed E-state index contributed by atoms with van der Waals surface area (Å²) < 4.78 is 10.1. The van der Waals surface area contributed by atoms with Gasteiger partial charge < -0.3 is 62.6 Å². The van der Waals surface area contributed by atoms with Crippen molar-refractivity contribution in [2.45, 2.75) is 236 Å². The molecule has 76 heavy (non-hydrogen) atoms. The first-order chi connectivity index (χ1) is 34.3. The normalized spacial score (nSPS) is 14.7. The highest BCUT2D eigenvalue weighted by atomic mass is 16.6. The van der Waals surface area contributed by atoms with Crippen LogP contribution in [-0.4, -0.2) is 136 Å². The standard InChI is InChI=1S/C53H96N10O13/c1-27(2)24-33(39(65)62-53(21,22)47(73)75-23)55-38(64)32(11)54-42(68)36(30(7)8)58-45(71)51(17,18)60-40(66)34(25-28(3)4)56-44(70)50(15,16)63-43(69)37(31(9)10)59-46(72)52(19,20)61-41(67)35(26-29(5)6)57-48(74)76-49(12,13)14/h27-37H,24-26H2,1-23H3,(H,54,68)(H,55,64)(H,56,70)(H,57,74)(H,58,71)(H,59,72)(H,60,66)(H,61,67)(H,62,65)(H,63,69)/t32-,33-,34+,35+,36+,37+/m1/s1. The largest absolute Gasteiger partial charge is 0.467 e. The molecule has 0 aliphatic carbocycles. The highest BCUT2D eigenvalue weighted by molar-refractivity contribution is 6.00. The first-order valence-electron chi connectivity index (χ1n) is 26.2. The Morgan fingerprint density at radius 3 is 1.03 bits per heavy atom. The van der Waals surface area contributed by atoms with Gasteiger partial charge in [0.2, 0.25) is 53.2 Å². The van der Waals surface area contributed by atoms with Crippen molar-refractivity contribution < 1.29 is 62.2 Å². The van der Waals surface area contributed by atoms with Crippen molar-refractivity contribution in [1.82, 2.24) is 53.2 Å². The van der Waals surface area contributed by atoms with Crippen LogP contribution >= 0.6 is 0 Å². The maximum absolute atomic E-state index is 14.0. The summed E-state index contributed by atoms with van der Waals surface area (Å²) >= 11 is 0. The van der Waals surface area contributed by atoms with Gasteiger partial charge in [-0.25, -0.2) is 9.59 Å². The minimum Gasteiger partial charge on any atom is -0.467 e. The van der Waals surface area contributed by atoms with Crippen molar-refractivity contribution in [2.75, 3.05) is 7.11 Å². The maximum Gasteiger partial charge on any atom is 0.408 e. The van der Waals surface area contributed by atoms with Gasteiger partial charge >= 0.3 is 12.1 Å². The third kappa shape index (κ3) is 23.9. The molecule has 0 radical (unpaired) electrons. The van der Waals surface area contributed by atoms with Crippen LogP contribution in [0.25, 0.3) is 0 Å². The summed E-state index contributed by atoms with van der Waals surface area (Å²) in [4.78, 5) is 148. The molecule has 0 fully saturated rings. The molecular weight excluding hydrogens is 985 g/mol. The maximum atomic E-state index is 14.0. The summed E-state index contributed by atoms with van der Waals surface area (Å²) in [5, 5.41) is 26.5. The zero-order valence-electron chi connectivity index (χ0n) is 49.8. The second kappa shape index (κ2) is 28.9. The molecule has 10 N–H and O–H groups in total. The Hall–Kier alpha value is -6.03. The van der Waals surface area contributed by atoms with Crippen LogP contribution in [0.15, 0.2) is 0 Å². The highest BCUT2D eigenvalue weighted by Crippen LogP contribution is 2.17. The Bertz CT molecular complexity index is 2080. The SMILES string of the molecule is COC(=O)C(C)(C)NC(=O)[C@@H](CC(C)C)NC(=O)[C@@H](C)NC(=O)[C@@H](NC(=O)C(C)(C)NC(=O)[C@H](CC(C)C)NC(=O)C(C)(C)NC(=O)[C@@H](NC(=O)C(C)(C)NC(=O)[C@H](CC(C)C)NC(=O)OC(C)(C)C)C(C)C)C(C)C. The number of rotatable bonds is 28. The number of hydrogen-bond acceptors (Lipinski definition) is 13. The predicted molar refractivity (Wildman–Crippen MR) is 287 cm³/mol. The minimum atomic E-state index is -1.67. The van der Waals surface area contributed by atoms with Gasteiger partial charge in [-0.2, -0.15) is 0 Å². The summed E-state index contributed by atoms with van der Waals surface area (Å²) in [6.07, 6.45) is -0.253. The van der Waals surface area contributed by atoms with Crippen LogP contribution in [0.2, 0.25) is 0 Å². The lowest BCUT2D eigenvalue weighted by atomic mass is 9.95. The van der Waals surface area contributed by atoms with E-state index in [1.54, 1.807) is 48.5 Å². The zero-order chi connectivity index (χ0) is 59.8. The molecule has 0 saturated heterocycles. The van der Waals surface area contributed by atoms with Crippen LogP contribution in [0, 0.1) is 29.6 Å². The number of carbonyl (C=O) groups is 11. The fraction of sp³-hybridized carbons (Fsp3) is 0.792. The van der Waals surface area contributed by atoms with Gasteiger partial charge in [-0.05, 0) is 132 Å². The molecule has 0 aliphatic heterocycles. The van der Waals surface area contributed by atoms with E-state index in [4.69, 9.17) is 9.47 Å². The lowest BCUT2D eigenvalue weighted by molar-refractivity contribution is -0.149. The number of amides is 10. The predicted octanol–water partition coefficient (Wildman–Crippen LogP) is 2.53. The van der Waals surface area contributed by atoms with E-state index in [0.717, 1.165) is 0 Å². The topological polar surface area (TPSA) is 327 Å². The third-order valence-corrected chi connectivity index (χ3v) is 11.7. The molecule has 0 bridgehead atoms. The summed E-state index contributed by atoms with van der Waals surface area (Å²) in [5.41, 5.74) is -7.15. The van der Waals surface area contributed by atoms with E-state index in [1.165, 1.54) is 69.4 Å². The average molecular weight is 1080 g/mol. The quantitative estimate of drug-likeness (QED) is 0.0505. The monoisotopic (exact) mass is 1080 g/mol. The van der Waals surface area contributed by atoms with Crippen LogP contribution in [-0.2, 0) is 57.4 Å². The lowest BCUT2D eigenvalue weighted by Gasteiger charge is -2.34. The summed E-state index contributed by atoms with van der Waals surface area (Å²) in [7, 11) is 1.18. The Kier molecular flexibility index (Phi) is 26.6. The Morgan fingerprint density at radius 1 is 0.368 bits per heavy atom. The molecule has 0 aromatic rings. The fourth-order valence-corrected chi connectivity index (χ4v) is 7.32. The molecule has 23 nitrogen and oxygen atoms in total. The van der Waals surface area contributed by atoms with Gasteiger partial charge in [0.15, 0.2) is 0 Å². The second-order valence-electron chi connectivity index (χ2n) is 24.7. The van der Waals surface area contributed by atoms with Crippen LogP contribution in [0.1, 0.15) is 172 Å². The number of alkyl carbamates (subject to hydrolysis) is 1. The second-order valence-corrected chi connectivity index (χ2v) is 24.7. The Morgan fingerprint density at radius 2 is 0.684 bits per heavy atom. The molecule has 23 heteroatoms. The van der Waals surface area contributed by atoms with E-state index in [9.17, 15) is 52.7 Å². The number of methoxy groups -OCH3 is 1. The van der Waals surface area contributed by atoms with Gasteiger partial charge in [0.25, 0.3) is 0 Å². The van der Waals surface area contributed by atoms with E-state index in [2.05, 4.69) is 53.2 Å². The van der Waals surface area contributed by atoms with Crippen molar-refractivity contribution in [2.24, 2.45) is 29.6 Å². The molecule has 0 unspecified atom stereocenters. The molecule has 0 rings (SSSR count). The van der Waals surface area contributed by atoms with E-state index < -0.39 is 141 Å². The molecule has 0 spiro atoms. The number of nitrogens with one attached hydrogen (secondary N) is 10. The third-order valence-electron chi connectivity index (χ3n) is 11.7. The fourth-order valence-electron chi connectivity index (χ4n) is 7.32. The Balaban J connectivity index is 6.15. The molecule has 0 heterocycles. The summed E-state index contributed by atoms with van der Waals surface area (Å²) in [6.45, 7) is 35.6. The summed E-state index contributed by atoms with van der Waals surface area (Å²) in [5.74, 6) is -8.42. The molecule has 436 valence electrons. The first kappa shape index (κ1) is 70.0. The van der Waals surface area contributed by atoms with Crippen LogP contribution < -0.4 is 53.2 Å². The van der Waals surface area contributed by atoms with Crippen LogP contribution in [0.3, 0.4) is 0 Å². The van der Waals surface area contributed by atoms with Gasteiger partial charge in [0, 0.05) is 0 Å². The molecule has 0 saturated carbocycles. The van der Waals surface area contributed by atoms with Gasteiger partial charge in [-0.1, -0.05) is 69.2 Å². The van der Waals surface area contributed by atoms with Gasteiger partial charge in [-0.15, -0.1) is 0 Å². The first-order valence-corrected chi connectivity index (χ1v) is 26.2. The van der Waals surface area contributed by atoms with Crippen LogP contribution in [0.4, 0.5) is 4.79 Å². The number of carbonyl (C=O) groups excluding carboxylic acids is 11. The summed E-state index contributed by atoms with van der Waals surface area (Å²) in [6, 6.07) is -6.93. The molecule has 0 aliphatic rings. The molecule has 6 atom stereocenters. The van der Waals surface area contributed by atoms with Crippen molar-refractivity contribution in [1.29, 1.82) is 0 Å². The van der Waals surface area contributed by atoms with E-state index in [1.807, 2.05) is 41.5 Å².